The van der Waals surface area contributed by atoms with E-state index in [-0.39, 0.29) is 22.3 Å². The molecule has 0 aliphatic rings. The molecule has 9 nitrogen and oxygen atoms in total. The Labute approximate surface area is 220 Å². The van der Waals surface area contributed by atoms with Gasteiger partial charge in [0.25, 0.3) is 11.8 Å². The number of hydrogen-bond donors (Lipinski definition) is 3. The van der Waals surface area contributed by atoms with Crippen LogP contribution in [0.4, 0.5) is 0 Å². The van der Waals surface area contributed by atoms with Gasteiger partial charge in [-0.1, -0.05) is 37.0 Å². The fraction of sp³-hybridized carbons (Fsp3) is 0.304. The van der Waals surface area contributed by atoms with Gasteiger partial charge >= 0.3 is 5.97 Å². The van der Waals surface area contributed by atoms with Crippen LogP contribution < -0.4 is 20.2 Å². The normalized spacial score (nSPS) is 11.9. The third-order valence-corrected chi connectivity index (χ3v) is 5.61. The molecule has 2 amide bonds. The molecule has 0 aliphatic heterocycles. The predicted molar refractivity (Wildman–Crippen MR) is 137 cm³/mol. The number of rotatable bonds is 11. The average Bonchev–Trinajstić information content (AvgIpc) is 2.76. The van der Waals surface area contributed by atoms with Crippen LogP contribution in [0.5, 0.6) is 11.5 Å². The first-order chi connectivity index (χ1) is 16.5. The number of nitrogens with one attached hydrogen (secondary N) is 2. The van der Waals surface area contributed by atoms with Crippen molar-refractivity contribution in [2.75, 3.05) is 13.2 Å². The number of nitrogens with zero attached hydrogens (tertiary/aromatic N) is 1. The molecular formula is C23H24BrCl2N3O6. The molecule has 0 aliphatic carbocycles. The molecule has 0 aromatic heterocycles. The van der Waals surface area contributed by atoms with Gasteiger partial charge in [-0.3, -0.25) is 9.59 Å². The topological polar surface area (TPSA) is 126 Å². The minimum absolute atomic E-state index is 0.169. The largest absolute Gasteiger partial charge is 0.490 e. The second-order valence-corrected chi connectivity index (χ2v) is 9.20. The van der Waals surface area contributed by atoms with Gasteiger partial charge in [-0.05, 0) is 64.7 Å². The number of hydrazone groups is 1. The summed E-state index contributed by atoms with van der Waals surface area (Å²) in [6.45, 7) is 5.11. The standard InChI is InChI=1S/C23H24BrCl2N3O6/c1-4-34-18-8-13(7-16(24)21(18)35-11-19(30)31)10-27-29-23(33)20(12(2)3)28-22(32)15-6-5-14(25)9-17(15)26/h5-10,12,20H,4,11H2,1-3H3,(H,28,32)(H,29,33)(H,30,31)/b27-10+. The van der Waals surface area contributed by atoms with Gasteiger partial charge in [-0.15, -0.1) is 0 Å². The Kier molecular flexibility index (Phi) is 10.8. The number of amides is 2. The molecule has 0 bridgehead atoms. The minimum Gasteiger partial charge on any atom is -0.490 e. The summed E-state index contributed by atoms with van der Waals surface area (Å²) in [5.41, 5.74) is 3.15. The van der Waals surface area contributed by atoms with Crippen LogP contribution in [0, 0.1) is 5.92 Å². The van der Waals surface area contributed by atoms with Gasteiger partial charge in [-0.25, -0.2) is 10.2 Å². The Bertz CT molecular complexity index is 1130. The lowest BCUT2D eigenvalue weighted by atomic mass is 10.0. The highest BCUT2D eigenvalue weighted by Crippen LogP contribution is 2.36. The van der Waals surface area contributed by atoms with Crippen molar-refractivity contribution < 1.29 is 29.0 Å². The molecule has 0 spiro atoms. The van der Waals surface area contributed by atoms with E-state index >= 15 is 0 Å². The number of carboxylic acids is 1. The lowest BCUT2D eigenvalue weighted by molar-refractivity contribution is -0.139. The summed E-state index contributed by atoms with van der Waals surface area (Å²) in [4.78, 5) is 36.2. The number of carbonyl (C=O) groups is 3. The van der Waals surface area contributed by atoms with Crippen molar-refractivity contribution in [1.82, 2.24) is 10.7 Å². The Morgan fingerprint density at radius 2 is 1.89 bits per heavy atom. The number of hydrogen-bond acceptors (Lipinski definition) is 6. The van der Waals surface area contributed by atoms with Crippen molar-refractivity contribution in [2.45, 2.75) is 26.8 Å². The zero-order valence-electron chi connectivity index (χ0n) is 19.1. The van der Waals surface area contributed by atoms with Crippen molar-refractivity contribution in [1.29, 1.82) is 0 Å². The summed E-state index contributed by atoms with van der Waals surface area (Å²) in [5.74, 6) is -1.88. The molecule has 1 unspecified atom stereocenters. The quantitative estimate of drug-likeness (QED) is 0.262. The van der Waals surface area contributed by atoms with Crippen LogP contribution in [0.3, 0.4) is 0 Å². The highest BCUT2D eigenvalue weighted by atomic mass is 79.9. The average molecular weight is 589 g/mol. The van der Waals surface area contributed by atoms with Crippen molar-refractivity contribution >= 4 is 63.1 Å². The maximum Gasteiger partial charge on any atom is 0.341 e. The summed E-state index contributed by atoms with van der Waals surface area (Å²) in [6, 6.07) is 6.78. The van der Waals surface area contributed by atoms with E-state index in [1.165, 1.54) is 24.4 Å². The summed E-state index contributed by atoms with van der Waals surface area (Å²) >= 11 is 15.3. The van der Waals surface area contributed by atoms with E-state index < -0.39 is 30.4 Å². The maximum atomic E-state index is 12.7. The summed E-state index contributed by atoms with van der Waals surface area (Å²) in [6.07, 6.45) is 1.38. The molecule has 188 valence electrons. The zero-order chi connectivity index (χ0) is 26.1. The first-order valence-electron chi connectivity index (χ1n) is 10.4. The van der Waals surface area contributed by atoms with E-state index in [0.717, 1.165) is 0 Å². The molecule has 0 saturated heterocycles. The summed E-state index contributed by atoms with van der Waals surface area (Å²) in [5, 5.41) is 16.0. The zero-order valence-corrected chi connectivity index (χ0v) is 22.2. The molecule has 35 heavy (non-hydrogen) atoms. The molecule has 2 aromatic rings. The third kappa shape index (κ3) is 8.41. The number of benzene rings is 2. The van der Waals surface area contributed by atoms with Crippen LogP contribution in [0.25, 0.3) is 0 Å². The number of aliphatic carboxylic acids is 1. The third-order valence-electron chi connectivity index (χ3n) is 4.47. The van der Waals surface area contributed by atoms with Crippen LogP contribution in [0.2, 0.25) is 10.0 Å². The predicted octanol–water partition coefficient (Wildman–Crippen LogP) is 4.52. The molecule has 0 fully saturated rings. The first-order valence-corrected chi connectivity index (χ1v) is 12.0. The lowest BCUT2D eigenvalue weighted by Gasteiger charge is -2.20. The van der Waals surface area contributed by atoms with Crippen molar-refractivity contribution in [3.8, 4) is 11.5 Å². The van der Waals surface area contributed by atoms with Crippen LogP contribution in [0.15, 0.2) is 39.9 Å². The SMILES string of the molecule is CCOc1cc(/C=N/NC(=O)C(NC(=O)c2ccc(Cl)cc2Cl)C(C)C)cc(Br)c1OCC(=O)O. The van der Waals surface area contributed by atoms with E-state index in [4.69, 9.17) is 37.8 Å². The highest BCUT2D eigenvalue weighted by Gasteiger charge is 2.25. The minimum atomic E-state index is -1.13. The van der Waals surface area contributed by atoms with E-state index in [1.54, 1.807) is 32.9 Å². The Morgan fingerprint density at radius 3 is 2.49 bits per heavy atom. The van der Waals surface area contributed by atoms with Crippen molar-refractivity contribution in [2.24, 2.45) is 11.0 Å². The molecule has 0 radical (unpaired) electrons. The molecule has 0 heterocycles. The Morgan fingerprint density at radius 1 is 1.17 bits per heavy atom. The number of carboxylic acid groups (broad SMARTS) is 1. The van der Waals surface area contributed by atoms with Gasteiger partial charge < -0.3 is 19.9 Å². The molecule has 2 aromatic carbocycles. The maximum absolute atomic E-state index is 12.7. The van der Waals surface area contributed by atoms with Crippen LogP contribution in [-0.2, 0) is 9.59 Å². The second-order valence-electron chi connectivity index (χ2n) is 7.50. The molecule has 0 saturated carbocycles. The van der Waals surface area contributed by atoms with Crippen LogP contribution >= 0.6 is 39.1 Å². The highest BCUT2D eigenvalue weighted by molar-refractivity contribution is 9.10. The van der Waals surface area contributed by atoms with E-state index in [0.29, 0.717) is 27.4 Å². The second kappa shape index (κ2) is 13.3. The molecule has 1 atom stereocenters. The van der Waals surface area contributed by atoms with Gasteiger partial charge in [0.1, 0.15) is 6.04 Å². The monoisotopic (exact) mass is 587 g/mol. The number of ether oxygens (including phenoxy) is 2. The van der Waals surface area contributed by atoms with E-state index in [1.807, 2.05) is 0 Å². The summed E-state index contributed by atoms with van der Waals surface area (Å²) < 4.78 is 11.3. The van der Waals surface area contributed by atoms with Gasteiger partial charge in [0.05, 0.1) is 27.9 Å². The van der Waals surface area contributed by atoms with Gasteiger partial charge in [0, 0.05) is 5.02 Å². The first kappa shape index (κ1) is 28.4. The van der Waals surface area contributed by atoms with Crippen LogP contribution in [0.1, 0.15) is 36.7 Å². The fourth-order valence-corrected chi connectivity index (χ4v) is 3.94. The van der Waals surface area contributed by atoms with Gasteiger partial charge in [-0.2, -0.15) is 5.10 Å². The Hall–Kier alpha value is -2.82. The van der Waals surface area contributed by atoms with E-state index in [9.17, 15) is 14.4 Å². The van der Waals surface area contributed by atoms with Crippen molar-refractivity contribution in [3.05, 3.63) is 56.0 Å². The van der Waals surface area contributed by atoms with Crippen LogP contribution in [-0.4, -0.2) is 48.4 Å². The van der Waals surface area contributed by atoms with Crippen molar-refractivity contribution in [3.63, 3.8) is 0 Å². The Balaban J connectivity index is 2.13. The fourth-order valence-electron chi connectivity index (χ4n) is 2.87. The smallest absolute Gasteiger partial charge is 0.341 e. The molecule has 12 heteroatoms. The number of carbonyl (C=O) groups excluding carboxylic acids is 2. The van der Waals surface area contributed by atoms with E-state index in [2.05, 4.69) is 31.8 Å². The van der Waals surface area contributed by atoms with Gasteiger partial charge in [0.15, 0.2) is 18.1 Å². The summed E-state index contributed by atoms with van der Waals surface area (Å²) in [7, 11) is 0. The lowest BCUT2D eigenvalue weighted by Crippen LogP contribution is -2.48. The molecular weight excluding hydrogens is 565 g/mol. The van der Waals surface area contributed by atoms with Gasteiger partial charge in [0.2, 0.25) is 0 Å². The number of halogens is 3. The molecule has 2 rings (SSSR count). The molecule has 3 N–H and O–H groups in total.